The largest absolute Gasteiger partial charge is 0.350 e. The normalized spacial score (nSPS) is 15.8. The summed E-state index contributed by atoms with van der Waals surface area (Å²) in [5.41, 5.74) is 1.12. The molecule has 0 aliphatic carbocycles. The smallest absolute Gasteiger partial charge is 0.293 e. The monoisotopic (exact) mass is 426 g/mol. The van der Waals surface area contributed by atoms with E-state index in [1.54, 1.807) is 41.1 Å². The van der Waals surface area contributed by atoms with Crippen molar-refractivity contribution in [1.29, 1.82) is 0 Å². The molecule has 3 amide bonds. The Morgan fingerprint density at radius 1 is 1.23 bits per heavy atom. The van der Waals surface area contributed by atoms with Crippen LogP contribution in [0.25, 0.3) is 6.08 Å². The molecule has 134 valence electrons. The number of rotatable bonds is 5. The molecule has 0 spiro atoms. The van der Waals surface area contributed by atoms with Crippen LogP contribution in [0.15, 0.2) is 39.9 Å². The maximum atomic E-state index is 12.4. The number of hydrogen-bond acceptors (Lipinski definition) is 5. The third kappa shape index (κ3) is 4.12. The minimum Gasteiger partial charge on any atom is -0.350 e. The summed E-state index contributed by atoms with van der Waals surface area (Å²) >= 11 is 14.3. The number of carbonyl (C=O) groups excluding carboxylic acids is 3. The van der Waals surface area contributed by atoms with E-state index in [0.29, 0.717) is 21.2 Å². The van der Waals surface area contributed by atoms with Crippen molar-refractivity contribution in [1.82, 2.24) is 10.2 Å². The van der Waals surface area contributed by atoms with Crippen LogP contribution in [0, 0.1) is 0 Å². The molecule has 1 saturated heterocycles. The molecule has 5 nitrogen and oxygen atoms in total. The summed E-state index contributed by atoms with van der Waals surface area (Å²) in [6.45, 7) is 0.277. The third-order valence-corrected chi connectivity index (χ3v) is 5.97. The predicted octanol–water partition coefficient (Wildman–Crippen LogP) is 4.52. The maximum Gasteiger partial charge on any atom is 0.293 e. The lowest BCUT2D eigenvalue weighted by Gasteiger charge is -2.12. The number of nitrogens with one attached hydrogen (secondary N) is 1. The molecule has 0 radical (unpaired) electrons. The Hall–Kier alpha value is -1.80. The van der Waals surface area contributed by atoms with Crippen LogP contribution >= 0.6 is 46.3 Å². The van der Waals surface area contributed by atoms with Crippen LogP contribution in [0.3, 0.4) is 0 Å². The Bertz CT molecular complexity index is 897. The third-order valence-electron chi connectivity index (χ3n) is 3.55. The first-order chi connectivity index (χ1) is 12.5. The summed E-state index contributed by atoms with van der Waals surface area (Å²) in [4.78, 5) is 37.8. The Morgan fingerprint density at radius 3 is 2.77 bits per heavy atom. The molecule has 9 heteroatoms. The van der Waals surface area contributed by atoms with Gasteiger partial charge in [-0.25, -0.2) is 0 Å². The fourth-order valence-corrected chi connectivity index (χ4v) is 4.10. The topological polar surface area (TPSA) is 66.5 Å². The van der Waals surface area contributed by atoms with Gasteiger partial charge in [0.05, 0.1) is 15.0 Å². The van der Waals surface area contributed by atoms with Crippen LogP contribution in [0.4, 0.5) is 4.79 Å². The molecule has 0 atom stereocenters. The van der Waals surface area contributed by atoms with E-state index in [1.165, 1.54) is 11.3 Å². The van der Waals surface area contributed by atoms with Crippen molar-refractivity contribution in [3.63, 3.8) is 0 Å². The molecule has 0 bridgehead atoms. The van der Waals surface area contributed by atoms with Crippen LogP contribution in [0.1, 0.15) is 15.9 Å². The first-order valence-corrected chi connectivity index (χ1v) is 9.98. The molecule has 2 heterocycles. The number of amides is 3. The standard InChI is InChI=1S/C17H12Cl2N2O3S2/c18-12-3-1-2-10(14(12)19)8-13-16(23)21(17(24)26-13)6-5-20-15(22)11-4-7-25-9-11/h1-4,7-9H,5-6H2,(H,20,22)/b13-8-. The van der Waals surface area contributed by atoms with Crippen LogP contribution in [0.2, 0.25) is 10.0 Å². The summed E-state index contributed by atoms with van der Waals surface area (Å²) in [7, 11) is 0. The van der Waals surface area contributed by atoms with Gasteiger partial charge in [0.2, 0.25) is 0 Å². The number of benzene rings is 1. The summed E-state index contributed by atoms with van der Waals surface area (Å²) in [5, 5.41) is 6.53. The minimum absolute atomic E-state index is 0.0984. The average molecular weight is 427 g/mol. The molecule has 2 aromatic rings. The summed E-state index contributed by atoms with van der Waals surface area (Å²) in [6, 6.07) is 6.77. The van der Waals surface area contributed by atoms with Gasteiger partial charge < -0.3 is 5.32 Å². The van der Waals surface area contributed by atoms with Crippen molar-refractivity contribution in [2.24, 2.45) is 0 Å². The highest BCUT2D eigenvalue weighted by atomic mass is 35.5. The minimum atomic E-state index is -0.416. The van der Waals surface area contributed by atoms with Gasteiger partial charge in [0.15, 0.2) is 0 Å². The van der Waals surface area contributed by atoms with Gasteiger partial charge in [-0.2, -0.15) is 11.3 Å². The zero-order chi connectivity index (χ0) is 18.7. The summed E-state index contributed by atoms with van der Waals surface area (Å²) in [5.74, 6) is -0.653. The predicted molar refractivity (Wildman–Crippen MR) is 106 cm³/mol. The number of thiophene rings is 1. The SMILES string of the molecule is O=C(NCCN1C(=O)S/C(=C\c2cccc(Cl)c2Cl)C1=O)c1ccsc1. The Kier molecular flexibility index (Phi) is 6.03. The van der Waals surface area contributed by atoms with Crippen LogP contribution in [-0.4, -0.2) is 35.0 Å². The quantitative estimate of drug-likeness (QED) is 0.713. The molecule has 0 unspecified atom stereocenters. The van der Waals surface area contributed by atoms with Crippen molar-refractivity contribution in [3.05, 3.63) is 61.1 Å². The van der Waals surface area contributed by atoms with Crippen molar-refractivity contribution < 1.29 is 14.4 Å². The van der Waals surface area contributed by atoms with Crippen molar-refractivity contribution in [3.8, 4) is 0 Å². The van der Waals surface area contributed by atoms with E-state index < -0.39 is 5.91 Å². The molecule has 1 aliphatic heterocycles. The lowest BCUT2D eigenvalue weighted by molar-refractivity contribution is -0.122. The molecule has 1 fully saturated rings. The summed E-state index contributed by atoms with van der Waals surface area (Å²) < 4.78 is 0. The maximum absolute atomic E-state index is 12.4. The summed E-state index contributed by atoms with van der Waals surface area (Å²) in [6.07, 6.45) is 1.54. The van der Waals surface area contributed by atoms with E-state index in [2.05, 4.69) is 5.32 Å². The number of nitrogens with zero attached hydrogens (tertiary/aromatic N) is 1. The number of carbonyl (C=O) groups is 3. The molecule has 1 aromatic carbocycles. The Morgan fingerprint density at radius 2 is 2.04 bits per heavy atom. The highest BCUT2D eigenvalue weighted by molar-refractivity contribution is 8.18. The van der Waals surface area contributed by atoms with E-state index in [1.807, 2.05) is 0 Å². The molecular weight excluding hydrogens is 415 g/mol. The molecule has 3 rings (SSSR count). The van der Waals surface area contributed by atoms with E-state index in [4.69, 9.17) is 23.2 Å². The van der Waals surface area contributed by atoms with E-state index in [9.17, 15) is 14.4 Å². The van der Waals surface area contributed by atoms with Gasteiger partial charge in [0, 0.05) is 24.0 Å². The lowest BCUT2D eigenvalue weighted by atomic mass is 10.2. The Balaban J connectivity index is 1.64. The van der Waals surface area contributed by atoms with Gasteiger partial charge in [-0.15, -0.1) is 0 Å². The van der Waals surface area contributed by atoms with Crippen LogP contribution in [0.5, 0.6) is 0 Å². The number of hydrogen-bond donors (Lipinski definition) is 1. The highest BCUT2D eigenvalue weighted by Gasteiger charge is 2.34. The van der Waals surface area contributed by atoms with E-state index in [0.717, 1.165) is 16.7 Å². The fourth-order valence-electron chi connectivity index (χ4n) is 2.24. The first kappa shape index (κ1) is 19.0. The number of thioether (sulfide) groups is 1. The second-order valence-electron chi connectivity index (χ2n) is 5.24. The fraction of sp³-hybridized carbons (Fsp3) is 0.118. The van der Waals surface area contributed by atoms with E-state index >= 15 is 0 Å². The van der Waals surface area contributed by atoms with Gasteiger partial charge in [-0.3, -0.25) is 19.3 Å². The zero-order valence-electron chi connectivity index (χ0n) is 13.2. The lowest BCUT2D eigenvalue weighted by Crippen LogP contribution is -2.37. The van der Waals surface area contributed by atoms with Gasteiger partial charge in [-0.1, -0.05) is 35.3 Å². The van der Waals surface area contributed by atoms with Gasteiger partial charge in [-0.05, 0) is 40.9 Å². The highest BCUT2D eigenvalue weighted by Crippen LogP contribution is 2.34. The van der Waals surface area contributed by atoms with Gasteiger partial charge >= 0.3 is 0 Å². The molecule has 1 aromatic heterocycles. The number of imide groups is 1. The van der Waals surface area contributed by atoms with Crippen LogP contribution < -0.4 is 5.32 Å². The molecule has 26 heavy (non-hydrogen) atoms. The Labute approximate surface area is 168 Å². The first-order valence-electron chi connectivity index (χ1n) is 7.47. The van der Waals surface area contributed by atoms with Crippen LogP contribution in [-0.2, 0) is 4.79 Å². The zero-order valence-corrected chi connectivity index (χ0v) is 16.3. The molecular formula is C17H12Cl2N2O3S2. The molecule has 1 N–H and O–H groups in total. The van der Waals surface area contributed by atoms with Crippen molar-refractivity contribution >= 4 is 69.4 Å². The average Bonchev–Trinajstić information content (AvgIpc) is 3.23. The molecule has 0 saturated carbocycles. The second-order valence-corrected chi connectivity index (χ2v) is 7.80. The number of halogens is 2. The van der Waals surface area contributed by atoms with Gasteiger partial charge in [0.1, 0.15) is 0 Å². The van der Waals surface area contributed by atoms with Crippen molar-refractivity contribution in [2.45, 2.75) is 0 Å². The second kappa shape index (κ2) is 8.26. The van der Waals surface area contributed by atoms with E-state index in [-0.39, 0.29) is 29.1 Å². The molecule has 1 aliphatic rings. The van der Waals surface area contributed by atoms with Gasteiger partial charge in [0.25, 0.3) is 17.1 Å². The van der Waals surface area contributed by atoms with Crippen molar-refractivity contribution in [2.75, 3.05) is 13.1 Å².